The molecule has 0 N–H and O–H groups in total. The second-order valence-electron chi connectivity index (χ2n) is 13.7. The normalized spacial score (nSPS) is 13.6. The Morgan fingerprint density at radius 1 is 0.571 bits per heavy atom. The monoisotopic (exact) mass is 632 g/mol. The molecule has 7 aromatic rings. The van der Waals surface area contributed by atoms with Gasteiger partial charge in [-0.1, -0.05) is 111 Å². The zero-order valence-corrected chi connectivity index (χ0v) is 28.7. The number of nitrogens with zero attached hydrogens (tertiary/aromatic N) is 2. The van der Waals surface area contributed by atoms with Crippen LogP contribution < -0.4 is 4.90 Å². The van der Waals surface area contributed by atoms with E-state index in [4.69, 9.17) is 0 Å². The van der Waals surface area contributed by atoms with Crippen LogP contribution in [0.25, 0.3) is 44.2 Å². The Kier molecular flexibility index (Phi) is 7.26. The molecule has 0 aliphatic heterocycles. The highest BCUT2D eigenvalue weighted by Gasteiger charge is 2.35. The maximum absolute atomic E-state index is 4.12. The van der Waals surface area contributed by atoms with E-state index in [0.29, 0.717) is 0 Å². The maximum Gasteiger partial charge on any atom is 0.0542 e. The van der Waals surface area contributed by atoms with Crippen LogP contribution in [0.2, 0.25) is 0 Å². The molecule has 0 bridgehead atoms. The summed E-state index contributed by atoms with van der Waals surface area (Å²) in [6.07, 6.45) is 3.96. The lowest BCUT2D eigenvalue weighted by Gasteiger charge is -2.26. The SMILES string of the molecule is C=CC1=C(C=C)C(C)(C)c2cc(-c3ccc(N(c4ccc(C)cc4)c4ccc5c(c4)c4cc(C)ccc4n5-c4ccccc4)cc3)ccc21. The average Bonchev–Trinajstić information content (AvgIpc) is 3.56. The van der Waals surface area contributed by atoms with Crippen LogP contribution in [-0.2, 0) is 5.41 Å². The van der Waals surface area contributed by atoms with Crippen molar-refractivity contribution in [1.29, 1.82) is 0 Å². The summed E-state index contributed by atoms with van der Waals surface area (Å²) >= 11 is 0. The van der Waals surface area contributed by atoms with Crippen molar-refractivity contribution in [3.8, 4) is 16.8 Å². The molecule has 0 radical (unpaired) electrons. The molecule has 0 spiro atoms. The van der Waals surface area contributed by atoms with Crippen LogP contribution in [0, 0.1) is 13.8 Å². The van der Waals surface area contributed by atoms with E-state index in [-0.39, 0.29) is 5.41 Å². The molecule has 6 aromatic carbocycles. The molecule has 1 heterocycles. The number of fused-ring (bicyclic) bond motifs is 4. The van der Waals surface area contributed by atoms with Crippen molar-refractivity contribution in [2.45, 2.75) is 33.1 Å². The first kappa shape index (κ1) is 30.5. The summed E-state index contributed by atoms with van der Waals surface area (Å²) in [6, 6.07) is 48.9. The lowest BCUT2D eigenvalue weighted by Crippen LogP contribution is -2.16. The molecule has 1 aliphatic rings. The lowest BCUT2D eigenvalue weighted by atomic mass is 9.80. The van der Waals surface area contributed by atoms with Crippen LogP contribution in [0.5, 0.6) is 0 Å². The minimum Gasteiger partial charge on any atom is -0.310 e. The smallest absolute Gasteiger partial charge is 0.0542 e. The predicted octanol–water partition coefficient (Wildman–Crippen LogP) is 13.0. The van der Waals surface area contributed by atoms with E-state index in [9.17, 15) is 0 Å². The van der Waals surface area contributed by atoms with Gasteiger partial charge in [0.1, 0.15) is 0 Å². The van der Waals surface area contributed by atoms with Crippen LogP contribution in [0.1, 0.15) is 36.1 Å². The first-order valence-electron chi connectivity index (χ1n) is 17.0. The number of aryl methyl sites for hydroxylation is 2. The molecule has 2 heteroatoms. The van der Waals surface area contributed by atoms with Crippen molar-refractivity contribution in [3.63, 3.8) is 0 Å². The molecular formula is C47H40N2. The van der Waals surface area contributed by atoms with Gasteiger partial charge in [-0.15, -0.1) is 0 Å². The minimum absolute atomic E-state index is 0.125. The number of allylic oxidation sites excluding steroid dienone is 4. The topological polar surface area (TPSA) is 8.17 Å². The molecule has 1 aliphatic carbocycles. The van der Waals surface area contributed by atoms with Crippen molar-refractivity contribution in [2.75, 3.05) is 4.90 Å². The lowest BCUT2D eigenvalue weighted by molar-refractivity contribution is 0.655. The standard InChI is InChI=1S/C47H40N2/c1-7-39-40-25-19-34(29-44(40)47(5,6)43(39)8-2)33-17-22-37(23-18-33)48(36-20-14-31(3)15-21-36)38-24-27-46-42(30-38)41-28-32(4)16-26-45(41)49(46)35-12-10-9-11-13-35/h7-30H,1-2H2,3-6H3. The Morgan fingerprint density at radius 2 is 1.16 bits per heavy atom. The summed E-state index contributed by atoms with van der Waals surface area (Å²) in [5.74, 6) is 0. The van der Waals surface area contributed by atoms with Gasteiger partial charge in [0, 0.05) is 38.9 Å². The molecule has 0 atom stereocenters. The van der Waals surface area contributed by atoms with Crippen molar-refractivity contribution in [2.24, 2.45) is 0 Å². The van der Waals surface area contributed by atoms with Gasteiger partial charge in [-0.25, -0.2) is 0 Å². The van der Waals surface area contributed by atoms with E-state index in [1.165, 1.54) is 66.3 Å². The number of para-hydroxylation sites is 1. The summed E-state index contributed by atoms with van der Waals surface area (Å²) in [4.78, 5) is 2.37. The van der Waals surface area contributed by atoms with Crippen LogP contribution >= 0.6 is 0 Å². The molecule has 0 fully saturated rings. The van der Waals surface area contributed by atoms with Crippen LogP contribution in [-0.4, -0.2) is 4.57 Å². The van der Waals surface area contributed by atoms with Crippen molar-refractivity contribution in [3.05, 3.63) is 187 Å². The molecule has 238 valence electrons. The summed E-state index contributed by atoms with van der Waals surface area (Å²) in [5.41, 5.74) is 16.7. The summed E-state index contributed by atoms with van der Waals surface area (Å²) in [7, 11) is 0. The second-order valence-corrected chi connectivity index (χ2v) is 13.7. The highest BCUT2D eigenvalue weighted by molar-refractivity contribution is 6.11. The Labute approximate surface area is 289 Å². The third-order valence-electron chi connectivity index (χ3n) is 10.3. The van der Waals surface area contributed by atoms with E-state index in [1.54, 1.807) is 0 Å². The fraction of sp³-hybridized carbons (Fsp3) is 0.106. The largest absolute Gasteiger partial charge is 0.310 e. The van der Waals surface area contributed by atoms with Crippen molar-refractivity contribution >= 4 is 44.4 Å². The van der Waals surface area contributed by atoms with Gasteiger partial charge in [0.25, 0.3) is 0 Å². The maximum atomic E-state index is 4.12. The fourth-order valence-corrected chi connectivity index (χ4v) is 7.75. The Hall–Kier alpha value is -5.86. The van der Waals surface area contributed by atoms with Gasteiger partial charge < -0.3 is 9.47 Å². The molecule has 0 unspecified atom stereocenters. The average molecular weight is 633 g/mol. The molecule has 0 saturated carbocycles. The highest BCUT2D eigenvalue weighted by atomic mass is 15.1. The number of anilines is 3. The Morgan fingerprint density at radius 3 is 1.84 bits per heavy atom. The predicted molar refractivity (Wildman–Crippen MR) is 211 cm³/mol. The van der Waals surface area contributed by atoms with Crippen LogP contribution in [0.3, 0.4) is 0 Å². The van der Waals surface area contributed by atoms with Gasteiger partial charge >= 0.3 is 0 Å². The van der Waals surface area contributed by atoms with E-state index in [2.05, 4.69) is 184 Å². The first-order chi connectivity index (χ1) is 23.8. The van der Waals surface area contributed by atoms with E-state index in [1.807, 2.05) is 12.2 Å². The number of rotatable bonds is 7. The van der Waals surface area contributed by atoms with E-state index < -0.39 is 0 Å². The van der Waals surface area contributed by atoms with Gasteiger partial charge in [0.05, 0.1) is 11.0 Å². The van der Waals surface area contributed by atoms with Gasteiger partial charge in [-0.05, 0) is 120 Å². The van der Waals surface area contributed by atoms with Crippen molar-refractivity contribution < 1.29 is 0 Å². The molecule has 0 amide bonds. The fourth-order valence-electron chi connectivity index (χ4n) is 7.75. The summed E-state index contributed by atoms with van der Waals surface area (Å²) in [6.45, 7) is 17.1. The number of hydrogen-bond donors (Lipinski definition) is 0. The molecule has 0 saturated heterocycles. The van der Waals surface area contributed by atoms with Crippen LogP contribution in [0.15, 0.2) is 164 Å². The van der Waals surface area contributed by atoms with Gasteiger partial charge in [0.2, 0.25) is 0 Å². The summed E-state index contributed by atoms with van der Waals surface area (Å²) in [5, 5.41) is 2.49. The van der Waals surface area contributed by atoms with Crippen molar-refractivity contribution in [1.82, 2.24) is 4.57 Å². The summed E-state index contributed by atoms with van der Waals surface area (Å²) < 4.78 is 2.38. The zero-order valence-electron chi connectivity index (χ0n) is 28.7. The second kappa shape index (κ2) is 11.7. The number of benzene rings is 6. The third kappa shape index (κ3) is 4.95. The number of hydrogen-bond acceptors (Lipinski definition) is 1. The minimum atomic E-state index is -0.125. The first-order valence-corrected chi connectivity index (χ1v) is 17.0. The van der Waals surface area contributed by atoms with E-state index in [0.717, 1.165) is 22.7 Å². The number of aromatic nitrogens is 1. The van der Waals surface area contributed by atoms with Gasteiger partial charge in [-0.2, -0.15) is 0 Å². The molecule has 8 rings (SSSR count). The van der Waals surface area contributed by atoms with Crippen LogP contribution in [0.4, 0.5) is 17.1 Å². The molecule has 2 nitrogen and oxygen atoms in total. The highest BCUT2D eigenvalue weighted by Crippen LogP contribution is 2.48. The Bertz CT molecular complexity index is 2440. The third-order valence-corrected chi connectivity index (χ3v) is 10.3. The quantitative estimate of drug-likeness (QED) is 0.170. The Balaban J connectivity index is 1.25. The van der Waals surface area contributed by atoms with Gasteiger partial charge in [0.15, 0.2) is 0 Å². The van der Waals surface area contributed by atoms with E-state index >= 15 is 0 Å². The molecule has 49 heavy (non-hydrogen) atoms. The molecule has 1 aromatic heterocycles. The molecular weight excluding hydrogens is 593 g/mol. The van der Waals surface area contributed by atoms with Gasteiger partial charge in [-0.3, -0.25) is 0 Å². The zero-order chi connectivity index (χ0) is 33.9.